The summed E-state index contributed by atoms with van der Waals surface area (Å²) in [6.45, 7) is 4.51. The third kappa shape index (κ3) is 3.35. The molecule has 0 aliphatic carbocycles. The number of piperidine rings is 1. The molecule has 1 rings (SSSR count). The molecule has 2 heteroatoms. The minimum atomic E-state index is 0. The molecule has 55 valence electrons. The van der Waals surface area contributed by atoms with Crippen molar-refractivity contribution < 1.29 is 20.4 Å². The normalized spacial score (nSPS) is 27.0. The monoisotopic (exact) mass is 299 g/mol. The second-order valence-corrected chi connectivity index (χ2v) is 2.55. The van der Waals surface area contributed by atoms with E-state index in [9.17, 15) is 0 Å². The maximum atomic E-state index is 4.33. The second-order valence-electron chi connectivity index (χ2n) is 2.55. The van der Waals surface area contributed by atoms with E-state index in [2.05, 4.69) is 12.2 Å². The minimum absolute atomic E-state index is 0. The summed E-state index contributed by atoms with van der Waals surface area (Å²) in [6.07, 6.45) is 4.07. The van der Waals surface area contributed by atoms with Crippen molar-refractivity contribution in [3.05, 3.63) is 5.32 Å². The fourth-order valence-corrected chi connectivity index (χ4v) is 1.19. The van der Waals surface area contributed by atoms with Gasteiger partial charge >= 0.3 is 0 Å². The molecule has 1 atom stereocenters. The average Bonchev–Trinajstić information content (AvgIpc) is 1.90. The van der Waals surface area contributed by atoms with Crippen LogP contribution in [-0.2, 0) is 20.4 Å². The van der Waals surface area contributed by atoms with Crippen LogP contribution in [0, 0.1) is 5.92 Å². The van der Waals surface area contributed by atoms with E-state index in [0.717, 1.165) is 19.0 Å². The van der Waals surface area contributed by atoms with Crippen molar-refractivity contribution in [1.82, 2.24) is 0 Å². The Morgan fingerprint density at radius 2 is 2.33 bits per heavy atom. The molecular formula is C7H14NRe-. The van der Waals surface area contributed by atoms with Gasteiger partial charge in [0.1, 0.15) is 0 Å². The molecule has 1 aliphatic heterocycles. The summed E-state index contributed by atoms with van der Waals surface area (Å²) >= 11 is 0. The van der Waals surface area contributed by atoms with Crippen molar-refractivity contribution in [1.29, 1.82) is 0 Å². The van der Waals surface area contributed by atoms with E-state index in [1.165, 1.54) is 19.3 Å². The molecule has 0 aromatic carbocycles. The van der Waals surface area contributed by atoms with Gasteiger partial charge in [0.05, 0.1) is 0 Å². The third-order valence-corrected chi connectivity index (χ3v) is 1.89. The van der Waals surface area contributed by atoms with Gasteiger partial charge in [0.15, 0.2) is 0 Å². The van der Waals surface area contributed by atoms with Crippen molar-refractivity contribution in [2.75, 3.05) is 13.1 Å². The van der Waals surface area contributed by atoms with Crippen LogP contribution in [0.4, 0.5) is 0 Å². The summed E-state index contributed by atoms with van der Waals surface area (Å²) in [7, 11) is 0. The molecule has 0 N–H and O–H groups in total. The van der Waals surface area contributed by atoms with Crippen LogP contribution in [0.2, 0.25) is 0 Å². The first-order chi connectivity index (χ1) is 3.93. The van der Waals surface area contributed by atoms with Gasteiger partial charge in [-0.25, -0.2) is 0 Å². The van der Waals surface area contributed by atoms with E-state index in [1.54, 1.807) is 0 Å². The predicted molar refractivity (Wildman–Crippen MR) is 36.1 cm³/mol. The van der Waals surface area contributed by atoms with Crippen molar-refractivity contribution >= 4 is 0 Å². The van der Waals surface area contributed by atoms with Crippen LogP contribution in [0.3, 0.4) is 0 Å². The fraction of sp³-hybridized carbons (Fsp3) is 1.00. The topological polar surface area (TPSA) is 14.1 Å². The van der Waals surface area contributed by atoms with Gasteiger partial charge in [-0.1, -0.05) is 32.1 Å². The Kier molecular flexibility index (Phi) is 5.78. The Balaban J connectivity index is 0.000000640. The molecule has 1 unspecified atom stereocenters. The smallest absolute Gasteiger partial charge is 0 e. The molecule has 0 aromatic rings. The Morgan fingerprint density at radius 3 is 2.67 bits per heavy atom. The molecule has 1 nitrogen and oxygen atoms in total. The molecule has 0 bridgehead atoms. The van der Waals surface area contributed by atoms with Gasteiger partial charge in [-0.3, -0.25) is 0 Å². The van der Waals surface area contributed by atoms with Crippen LogP contribution in [0.25, 0.3) is 5.32 Å². The summed E-state index contributed by atoms with van der Waals surface area (Å²) in [4.78, 5) is 0. The van der Waals surface area contributed by atoms with Gasteiger partial charge in [-0.15, -0.1) is 13.1 Å². The molecule has 1 aliphatic rings. The summed E-state index contributed by atoms with van der Waals surface area (Å²) in [6, 6.07) is 0. The van der Waals surface area contributed by atoms with Gasteiger partial charge in [-0.05, 0) is 0 Å². The zero-order valence-corrected chi connectivity index (χ0v) is 8.65. The van der Waals surface area contributed by atoms with Gasteiger partial charge in [-0.2, -0.15) is 0 Å². The van der Waals surface area contributed by atoms with Crippen molar-refractivity contribution in [3.63, 3.8) is 0 Å². The SMILES string of the molecule is CCC1CCC[N-]C1.[Re]. The van der Waals surface area contributed by atoms with Crippen molar-refractivity contribution in [3.8, 4) is 0 Å². The van der Waals surface area contributed by atoms with Crippen LogP contribution >= 0.6 is 0 Å². The van der Waals surface area contributed by atoms with E-state index >= 15 is 0 Å². The summed E-state index contributed by atoms with van der Waals surface area (Å²) < 4.78 is 0. The first-order valence-corrected chi connectivity index (χ1v) is 3.56. The maximum absolute atomic E-state index is 4.33. The number of hydrogen-bond acceptors (Lipinski definition) is 0. The van der Waals surface area contributed by atoms with E-state index < -0.39 is 0 Å². The zero-order valence-electron chi connectivity index (χ0n) is 5.94. The zero-order chi connectivity index (χ0) is 5.82. The predicted octanol–water partition coefficient (Wildman–Crippen LogP) is 2.18. The van der Waals surface area contributed by atoms with Crippen LogP contribution < -0.4 is 0 Å². The molecule has 1 heterocycles. The van der Waals surface area contributed by atoms with E-state index in [1.807, 2.05) is 0 Å². The Labute approximate surface area is 71.3 Å². The second kappa shape index (κ2) is 5.41. The molecule has 1 radical (unpaired) electrons. The first-order valence-electron chi connectivity index (χ1n) is 3.56. The van der Waals surface area contributed by atoms with Crippen LogP contribution in [0.15, 0.2) is 0 Å². The average molecular weight is 298 g/mol. The van der Waals surface area contributed by atoms with Crippen LogP contribution in [-0.4, -0.2) is 13.1 Å². The minimum Gasteiger partial charge on any atom is -0.662 e. The standard InChI is InChI=1S/C7H14N.Re/c1-2-7-4-3-5-8-6-7;/h7H,2-6H2,1H3;/q-1;. The molecular weight excluding hydrogens is 284 g/mol. The van der Waals surface area contributed by atoms with Gasteiger partial charge in [0, 0.05) is 20.4 Å². The van der Waals surface area contributed by atoms with Crippen LogP contribution in [0.1, 0.15) is 26.2 Å². The quantitative estimate of drug-likeness (QED) is 0.704. The summed E-state index contributed by atoms with van der Waals surface area (Å²) in [5, 5.41) is 4.33. The molecule has 9 heavy (non-hydrogen) atoms. The maximum Gasteiger partial charge on any atom is 0 e. The largest absolute Gasteiger partial charge is 0.662 e. The Bertz CT molecular complexity index is 59.9. The van der Waals surface area contributed by atoms with Gasteiger partial charge < -0.3 is 5.32 Å². The Hall–Kier alpha value is 0.622. The van der Waals surface area contributed by atoms with Gasteiger partial charge in [0.25, 0.3) is 0 Å². The molecule has 1 fully saturated rings. The molecule has 0 aromatic heterocycles. The molecule has 0 saturated carbocycles. The van der Waals surface area contributed by atoms with Crippen LogP contribution in [0.5, 0.6) is 0 Å². The number of rotatable bonds is 1. The van der Waals surface area contributed by atoms with E-state index in [4.69, 9.17) is 0 Å². The number of hydrogen-bond donors (Lipinski definition) is 0. The third-order valence-electron chi connectivity index (χ3n) is 1.89. The van der Waals surface area contributed by atoms with E-state index in [-0.39, 0.29) is 20.4 Å². The van der Waals surface area contributed by atoms with Crippen molar-refractivity contribution in [2.45, 2.75) is 26.2 Å². The summed E-state index contributed by atoms with van der Waals surface area (Å²) in [5.41, 5.74) is 0. The Morgan fingerprint density at radius 1 is 1.56 bits per heavy atom. The molecule has 0 spiro atoms. The number of nitrogens with zero attached hydrogens (tertiary/aromatic N) is 1. The van der Waals surface area contributed by atoms with Crippen molar-refractivity contribution in [2.24, 2.45) is 5.92 Å². The fourth-order valence-electron chi connectivity index (χ4n) is 1.19. The first kappa shape index (κ1) is 9.62. The molecule has 0 amide bonds. The van der Waals surface area contributed by atoms with E-state index in [0.29, 0.717) is 0 Å². The summed E-state index contributed by atoms with van der Waals surface area (Å²) in [5.74, 6) is 0.920. The molecule has 1 saturated heterocycles. The van der Waals surface area contributed by atoms with Gasteiger partial charge in [0.2, 0.25) is 0 Å².